The summed E-state index contributed by atoms with van der Waals surface area (Å²) in [6.45, 7) is 2.84. The number of ether oxygens (including phenoxy) is 1. The van der Waals surface area contributed by atoms with E-state index in [1.807, 2.05) is 0 Å². The molecule has 2 N–H and O–H groups in total. The van der Waals surface area contributed by atoms with Crippen LogP contribution < -0.4 is 15.4 Å². The van der Waals surface area contributed by atoms with Gasteiger partial charge in [0.25, 0.3) is 5.91 Å². The van der Waals surface area contributed by atoms with E-state index >= 15 is 0 Å². The molecule has 0 spiro atoms. The molecule has 8 heteroatoms. The highest BCUT2D eigenvalue weighted by Crippen LogP contribution is 2.35. The van der Waals surface area contributed by atoms with Crippen molar-refractivity contribution in [2.45, 2.75) is 82.9 Å². The summed E-state index contributed by atoms with van der Waals surface area (Å²) in [7, 11) is 0. The molecule has 1 aromatic rings. The Balaban J connectivity index is 0.000000252. The topological polar surface area (TPSA) is 87.7 Å². The number of rotatable bonds is 4. The molecule has 0 radical (unpaired) electrons. The average Bonchev–Trinajstić information content (AvgIpc) is 3.06. The minimum Gasteiger partial charge on any atom is -0.487 e. The first kappa shape index (κ1) is 23.3. The zero-order chi connectivity index (χ0) is 23.7. The van der Waals surface area contributed by atoms with Gasteiger partial charge in [0.05, 0.1) is 6.10 Å². The minimum absolute atomic E-state index is 0.0136. The molecule has 3 aliphatic heterocycles. The Kier molecular flexibility index (Phi) is 6.86. The molecule has 2 aliphatic carbocycles. The van der Waals surface area contributed by atoms with E-state index in [2.05, 4.69) is 10.6 Å². The maximum absolute atomic E-state index is 14.5. The van der Waals surface area contributed by atoms with Crippen LogP contribution in [0.3, 0.4) is 0 Å². The van der Waals surface area contributed by atoms with Gasteiger partial charge < -0.3 is 15.0 Å². The van der Waals surface area contributed by atoms with Gasteiger partial charge in [0.1, 0.15) is 6.04 Å². The lowest BCUT2D eigenvalue weighted by atomic mass is 9.73. The van der Waals surface area contributed by atoms with Crippen LogP contribution in [0.25, 0.3) is 0 Å². The van der Waals surface area contributed by atoms with E-state index in [1.54, 1.807) is 6.07 Å². The molecular weight excluding hydrogens is 437 g/mol. The molecule has 3 amide bonds. The van der Waals surface area contributed by atoms with Gasteiger partial charge >= 0.3 is 0 Å². The van der Waals surface area contributed by atoms with Crippen LogP contribution in [0.4, 0.5) is 4.39 Å². The fourth-order valence-corrected chi connectivity index (χ4v) is 5.58. The zero-order valence-electron chi connectivity index (χ0n) is 19.6. The van der Waals surface area contributed by atoms with Crippen molar-refractivity contribution in [2.75, 3.05) is 13.1 Å². The Bertz CT molecular complexity index is 942. The van der Waals surface area contributed by atoms with Gasteiger partial charge in [-0.05, 0) is 74.7 Å². The number of piperidine rings is 1. The minimum atomic E-state index is -0.696. The van der Waals surface area contributed by atoms with E-state index < -0.39 is 17.8 Å². The maximum atomic E-state index is 14.5. The quantitative estimate of drug-likeness (QED) is 0.658. The number of amides is 3. The number of hydrogen-bond donors (Lipinski definition) is 2. The normalized spacial score (nSPS) is 25.6. The van der Waals surface area contributed by atoms with Gasteiger partial charge in [-0.2, -0.15) is 0 Å². The highest BCUT2D eigenvalue weighted by atomic mass is 19.1. The lowest BCUT2D eigenvalue weighted by Gasteiger charge is -2.39. The SMILES string of the molecule is C1CC(C2CNC2)C1.O=C1CCC(N2Cc3cc(OC4CCCCC4)c(F)cc3C2=O)C(=O)N1. The van der Waals surface area contributed by atoms with Crippen molar-refractivity contribution in [1.82, 2.24) is 15.5 Å². The molecule has 2 saturated carbocycles. The van der Waals surface area contributed by atoms with E-state index in [9.17, 15) is 18.8 Å². The summed E-state index contributed by atoms with van der Waals surface area (Å²) < 4.78 is 20.3. The second kappa shape index (κ2) is 10.0. The van der Waals surface area contributed by atoms with Crippen LogP contribution >= 0.6 is 0 Å². The molecule has 5 aliphatic rings. The molecule has 3 heterocycles. The zero-order valence-corrected chi connectivity index (χ0v) is 19.6. The summed E-state index contributed by atoms with van der Waals surface area (Å²) in [6, 6.07) is 2.10. The molecule has 1 atom stereocenters. The van der Waals surface area contributed by atoms with Crippen LogP contribution in [0.5, 0.6) is 5.75 Å². The van der Waals surface area contributed by atoms with E-state index in [4.69, 9.17) is 4.74 Å². The molecule has 0 aromatic heterocycles. The summed E-state index contributed by atoms with van der Waals surface area (Å²) in [6.07, 6.45) is 10.2. The van der Waals surface area contributed by atoms with E-state index in [0.717, 1.165) is 37.5 Å². The van der Waals surface area contributed by atoms with Gasteiger partial charge in [0, 0.05) is 18.5 Å². The summed E-state index contributed by atoms with van der Waals surface area (Å²) >= 11 is 0. The fraction of sp³-hybridized carbons (Fsp3) is 0.654. The second-order valence-electron chi connectivity index (χ2n) is 10.3. The number of hydrogen-bond acceptors (Lipinski definition) is 5. The predicted molar refractivity (Wildman–Crippen MR) is 124 cm³/mol. The van der Waals surface area contributed by atoms with Crippen LogP contribution in [-0.4, -0.2) is 47.9 Å². The lowest BCUT2D eigenvalue weighted by Crippen LogP contribution is -2.52. The van der Waals surface area contributed by atoms with Gasteiger partial charge in [-0.1, -0.05) is 25.7 Å². The van der Waals surface area contributed by atoms with Gasteiger partial charge in [0.2, 0.25) is 11.8 Å². The van der Waals surface area contributed by atoms with E-state index in [1.165, 1.54) is 49.7 Å². The molecule has 1 aromatic carbocycles. The molecule has 6 rings (SSSR count). The van der Waals surface area contributed by atoms with E-state index in [-0.39, 0.29) is 48.6 Å². The smallest absolute Gasteiger partial charge is 0.255 e. The first-order valence-electron chi connectivity index (χ1n) is 12.8. The third kappa shape index (κ3) is 4.83. The Labute approximate surface area is 199 Å². The second-order valence-corrected chi connectivity index (χ2v) is 10.3. The number of nitrogens with zero attached hydrogens (tertiary/aromatic N) is 1. The number of imide groups is 1. The standard InChI is InChI=1S/C19H21FN2O4.C7H13N/c20-14-9-13-11(8-16(14)26-12-4-2-1-3-5-12)10-22(19(13)25)15-6-7-17(23)21-18(15)24;1-2-6(3-1)7-4-8-5-7/h8-9,12,15H,1-7,10H2,(H,21,23,24);6-8H,1-5H2. The molecular formula is C26H34FN3O4. The molecule has 4 fully saturated rings. The number of halogens is 1. The molecule has 2 saturated heterocycles. The van der Waals surface area contributed by atoms with Crippen LogP contribution in [0.15, 0.2) is 12.1 Å². The molecule has 184 valence electrons. The predicted octanol–water partition coefficient (Wildman–Crippen LogP) is 3.30. The van der Waals surface area contributed by atoms with Crippen LogP contribution in [0, 0.1) is 17.7 Å². The van der Waals surface area contributed by atoms with Gasteiger partial charge in [-0.3, -0.25) is 19.7 Å². The largest absolute Gasteiger partial charge is 0.487 e. The third-order valence-electron chi connectivity index (χ3n) is 8.05. The fourth-order valence-electron chi connectivity index (χ4n) is 5.58. The van der Waals surface area contributed by atoms with Crippen molar-refractivity contribution in [3.05, 3.63) is 29.1 Å². The number of benzene rings is 1. The first-order chi connectivity index (χ1) is 16.5. The highest BCUT2D eigenvalue weighted by molar-refractivity contribution is 6.05. The van der Waals surface area contributed by atoms with Crippen molar-refractivity contribution in [3.63, 3.8) is 0 Å². The van der Waals surface area contributed by atoms with Gasteiger partial charge in [-0.25, -0.2) is 4.39 Å². The monoisotopic (exact) mass is 471 g/mol. The number of nitrogens with one attached hydrogen (secondary N) is 2. The maximum Gasteiger partial charge on any atom is 0.255 e. The number of carbonyl (C=O) groups excluding carboxylic acids is 3. The van der Waals surface area contributed by atoms with Crippen molar-refractivity contribution in [2.24, 2.45) is 11.8 Å². The van der Waals surface area contributed by atoms with Crippen molar-refractivity contribution in [1.29, 1.82) is 0 Å². The summed E-state index contributed by atoms with van der Waals surface area (Å²) in [4.78, 5) is 37.4. The van der Waals surface area contributed by atoms with Crippen LogP contribution in [0.2, 0.25) is 0 Å². The van der Waals surface area contributed by atoms with Crippen molar-refractivity contribution >= 4 is 17.7 Å². The Hall–Kier alpha value is -2.48. The van der Waals surface area contributed by atoms with Crippen LogP contribution in [0.1, 0.15) is 80.1 Å². The average molecular weight is 472 g/mol. The van der Waals surface area contributed by atoms with Crippen molar-refractivity contribution in [3.8, 4) is 5.75 Å². The highest BCUT2D eigenvalue weighted by Gasteiger charge is 2.39. The first-order valence-corrected chi connectivity index (χ1v) is 12.8. The Morgan fingerprint density at radius 1 is 0.912 bits per heavy atom. The van der Waals surface area contributed by atoms with Gasteiger partial charge in [-0.15, -0.1) is 0 Å². The summed E-state index contributed by atoms with van der Waals surface area (Å²) in [5, 5.41) is 5.57. The third-order valence-corrected chi connectivity index (χ3v) is 8.05. The number of fused-ring (bicyclic) bond motifs is 1. The molecule has 7 nitrogen and oxygen atoms in total. The van der Waals surface area contributed by atoms with Crippen LogP contribution in [-0.2, 0) is 16.1 Å². The number of carbonyl (C=O) groups is 3. The molecule has 34 heavy (non-hydrogen) atoms. The molecule has 0 bridgehead atoms. The lowest BCUT2D eigenvalue weighted by molar-refractivity contribution is -0.136. The molecule has 1 unspecified atom stereocenters. The van der Waals surface area contributed by atoms with Gasteiger partial charge in [0.15, 0.2) is 11.6 Å². The Morgan fingerprint density at radius 2 is 1.68 bits per heavy atom. The van der Waals surface area contributed by atoms with E-state index in [0.29, 0.717) is 5.56 Å². The summed E-state index contributed by atoms with van der Waals surface area (Å²) in [5.74, 6) is 0.644. The van der Waals surface area contributed by atoms with Crippen molar-refractivity contribution < 1.29 is 23.5 Å². The Morgan fingerprint density at radius 3 is 2.26 bits per heavy atom. The summed E-state index contributed by atoms with van der Waals surface area (Å²) in [5.41, 5.74) is 0.926.